The van der Waals surface area contributed by atoms with Gasteiger partial charge in [0.2, 0.25) is 5.88 Å². The molecule has 0 aliphatic rings. The van der Waals surface area contributed by atoms with Gasteiger partial charge in [-0.15, -0.1) is 0 Å². The standard InChI is InChI=1S/C19H20N4O4/c1-4-5-8-22-18(24)15(10-20)13(3)16(19(22)25)11-21-17-7-6-14(23(26)27)9-12(17)2/h6-7,9,11,25H,4-5,8H2,1-3H3. The van der Waals surface area contributed by atoms with Crippen LogP contribution in [-0.4, -0.2) is 20.8 Å². The number of nitriles is 1. The van der Waals surface area contributed by atoms with Crippen LogP contribution in [0.15, 0.2) is 28.0 Å². The van der Waals surface area contributed by atoms with Crippen LogP contribution in [0, 0.1) is 35.3 Å². The normalized spacial score (nSPS) is 10.9. The third-order valence-electron chi connectivity index (χ3n) is 4.31. The van der Waals surface area contributed by atoms with E-state index in [1.54, 1.807) is 13.8 Å². The van der Waals surface area contributed by atoms with Crippen molar-refractivity contribution >= 4 is 17.6 Å². The first kappa shape index (κ1) is 19.8. The molecule has 0 aliphatic heterocycles. The molecule has 0 aliphatic carbocycles. The largest absolute Gasteiger partial charge is 0.494 e. The van der Waals surface area contributed by atoms with E-state index in [0.29, 0.717) is 29.8 Å². The lowest BCUT2D eigenvalue weighted by atomic mass is 10.1. The van der Waals surface area contributed by atoms with E-state index in [-0.39, 0.29) is 22.7 Å². The number of benzene rings is 1. The van der Waals surface area contributed by atoms with Gasteiger partial charge in [-0.25, -0.2) is 0 Å². The van der Waals surface area contributed by atoms with Crippen molar-refractivity contribution in [1.29, 1.82) is 5.26 Å². The number of rotatable bonds is 6. The van der Waals surface area contributed by atoms with Crippen molar-refractivity contribution in [3.05, 3.63) is 60.9 Å². The molecule has 2 aromatic rings. The van der Waals surface area contributed by atoms with E-state index in [2.05, 4.69) is 4.99 Å². The highest BCUT2D eigenvalue weighted by Gasteiger charge is 2.17. The minimum atomic E-state index is -0.524. The van der Waals surface area contributed by atoms with E-state index in [1.807, 2.05) is 13.0 Å². The van der Waals surface area contributed by atoms with Crippen LogP contribution in [0.4, 0.5) is 11.4 Å². The molecule has 8 nitrogen and oxygen atoms in total. The molecule has 0 fully saturated rings. The van der Waals surface area contributed by atoms with Gasteiger partial charge in [0.15, 0.2) is 0 Å². The number of nitro benzene ring substituents is 1. The number of aromatic hydroxyl groups is 1. The lowest BCUT2D eigenvalue weighted by molar-refractivity contribution is -0.384. The highest BCUT2D eigenvalue weighted by Crippen LogP contribution is 2.25. The molecule has 0 unspecified atom stereocenters. The second kappa shape index (κ2) is 8.27. The van der Waals surface area contributed by atoms with Crippen molar-refractivity contribution in [2.45, 2.75) is 40.2 Å². The van der Waals surface area contributed by atoms with Crippen molar-refractivity contribution in [1.82, 2.24) is 4.57 Å². The van der Waals surface area contributed by atoms with Gasteiger partial charge in [0, 0.05) is 24.9 Å². The smallest absolute Gasteiger partial charge is 0.271 e. The first-order valence-electron chi connectivity index (χ1n) is 8.47. The molecule has 140 valence electrons. The van der Waals surface area contributed by atoms with Crippen molar-refractivity contribution in [2.75, 3.05) is 0 Å². The summed E-state index contributed by atoms with van der Waals surface area (Å²) in [4.78, 5) is 27.0. The molecule has 1 N–H and O–H groups in total. The number of hydrogen-bond acceptors (Lipinski definition) is 6. The molecular weight excluding hydrogens is 348 g/mol. The van der Waals surface area contributed by atoms with E-state index >= 15 is 0 Å². The topological polar surface area (TPSA) is 122 Å². The fraction of sp³-hybridized carbons (Fsp3) is 0.316. The average molecular weight is 368 g/mol. The van der Waals surface area contributed by atoms with Crippen molar-refractivity contribution in [3.63, 3.8) is 0 Å². The maximum atomic E-state index is 12.4. The molecular formula is C19H20N4O4. The van der Waals surface area contributed by atoms with Crippen LogP contribution in [0.2, 0.25) is 0 Å². The number of hydrogen-bond donors (Lipinski definition) is 1. The number of pyridine rings is 1. The van der Waals surface area contributed by atoms with Gasteiger partial charge in [0.05, 0.1) is 16.2 Å². The SMILES string of the molecule is CCCCn1c(O)c(C=Nc2ccc([N+](=O)[O-])cc2C)c(C)c(C#N)c1=O. The Labute approximate surface area is 156 Å². The highest BCUT2D eigenvalue weighted by atomic mass is 16.6. The molecule has 1 aromatic carbocycles. The molecule has 0 saturated heterocycles. The Morgan fingerprint density at radius 2 is 2.11 bits per heavy atom. The molecule has 0 saturated carbocycles. The van der Waals surface area contributed by atoms with Crippen LogP contribution in [0.5, 0.6) is 5.88 Å². The lowest BCUT2D eigenvalue weighted by Gasteiger charge is -2.13. The van der Waals surface area contributed by atoms with Gasteiger partial charge >= 0.3 is 0 Å². The zero-order valence-electron chi connectivity index (χ0n) is 15.4. The van der Waals surface area contributed by atoms with Gasteiger partial charge in [0.1, 0.15) is 11.6 Å². The minimum absolute atomic E-state index is 0.0363. The highest BCUT2D eigenvalue weighted by molar-refractivity contribution is 5.87. The molecule has 1 heterocycles. The van der Waals surface area contributed by atoms with E-state index in [0.717, 1.165) is 6.42 Å². The molecule has 2 rings (SSSR count). The van der Waals surface area contributed by atoms with Crippen molar-refractivity contribution in [2.24, 2.45) is 4.99 Å². The zero-order chi connectivity index (χ0) is 20.1. The Kier molecular flexibility index (Phi) is 6.08. The molecule has 1 aromatic heterocycles. The van der Waals surface area contributed by atoms with Gasteiger partial charge in [0.25, 0.3) is 11.2 Å². The predicted molar refractivity (Wildman–Crippen MR) is 102 cm³/mol. The Bertz CT molecular complexity index is 1020. The summed E-state index contributed by atoms with van der Waals surface area (Å²) >= 11 is 0. The summed E-state index contributed by atoms with van der Waals surface area (Å²) in [5.74, 6) is -0.242. The van der Waals surface area contributed by atoms with Gasteiger partial charge in [-0.1, -0.05) is 13.3 Å². The molecule has 0 spiro atoms. The van der Waals surface area contributed by atoms with Crippen LogP contribution in [0.1, 0.15) is 42.0 Å². The van der Waals surface area contributed by atoms with E-state index in [4.69, 9.17) is 0 Å². The first-order chi connectivity index (χ1) is 12.8. The van der Waals surface area contributed by atoms with Crippen molar-refractivity contribution < 1.29 is 10.0 Å². The number of aromatic nitrogens is 1. The summed E-state index contributed by atoms with van der Waals surface area (Å²) in [5, 5.41) is 30.7. The third kappa shape index (κ3) is 4.03. The molecule has 0 amide bonds. The third-order valence-corrected chi connectivity index (χ3v) is 4.31. The fourth-order valence-corrected chi connectivity index (χ4v) is 2.68. The summed E-state index contributed by atoms with van der Waals surface area (Å²) in [6.45, 7) is 5.53. The molecule has 27 heavy (non-hydrogen) atoms. The average Bonchev–Trinajstić information content (AvgIpc) is 2.62. The number of unbranched alkanes of at least 4 members (excludes halogenated alkanes) is 1. The Balaban J connectivity index is 2.55. The monoisotopic (exact) mass is 368 g/mol. The van der Waals surface area contributed by atoms with Crippen LogP contribution in [-0.2, 0) is 6.54 Å². The molecule has 8 heteroatoms. The van der Waals surface area contributed by atoms with Gasteiger partial charge in [-0.3, -0.25) is 24.5 Å². The number of nitrogens with zero attached hydrogens (tertiary/aromatic N) is 4. The number of aliphatic imine (C=N–C) groups is 1. The van der Waals surface area contributed by atoms with Crippen molar-refractivity contribution in [3.8, 4) is 11.9 Å². The van der Waals surface area contributed by atoms with Gasteiger partial charge < -0.3 is 5.11 Å². The quantitative estimate of drug-likeness (QED) is 0.475. The summed E-state index contributed by atoms with van der Waals surface area (Å²) in [7, 11) is 0. The summed E-state index contributed by atoms with van der Waals surface area (Å²) < 4.78 is 1.18. The van der Waals surface area contributed by atoms with Gasteiger partial charge in [-0.2, -0.15) is 5.26 Å². The maximum absolute atomic E-state index is 12.4. The van der Waals surface area contributed by atoms with E-state index < -0.39 is 10.5 Å². The summed E-state index contributed by atoms with van der Waals surface area (Å²) in [5.41, 5.74) is 1.11. The van der Waals surface area contributed by atoms with Crippen LogP contribution in [0.3, 0.4) is 0 Å². The number of nitro groups is 1. The maximum Gasteiger partial charge on any atom is 0.271 e. The van der Waals surface area contributed by atoms with Crippen LogP contribution in [0.25, 0.3) is 0 Å². The minimum Gasteiger partial charge on any atom is -0.494 e. The molecule has 0 radical (unpaired) electrons. The Morgan fingerprint density at radius 3 is 2.67 bits per heavy atom. The predicted octanol–water partition coefficient (Wildman–Crippen LogP) is 3.50. The molecule has 0 atom stereocenters. The fourth-order valence-electron chi connectivity index (χ4n) is 2.68. The first-order valence-corrected chi connectivity index (χ1v) is 8.47. The number of aryl methyl sites for hydroxylation is 1. The summed E-state index contributed by atoms with van der Waals surface area (Å²) in [6, 6.07) is 6.15. The van der Waals surface area contributed by atoms with Crippen LogP contribution >= 0.6 is 0 Å². The summed E-state index contributed by atoms with van der Waals surface area (Å²) in [6.07, 6.45) is 2.88. The second-order valence-electron chi connectivity index (χ2n) is 6.15. The molecule has 0 bridgehead atoms. The van der Waals surface area contributed by atoms with Gasteiger partial charge in [-0.05, 0) is 37.5 Å². The van der Waals surface area contributed by atoms with Crippen LogP contribution < -0.4 is 5.56 Å². The second-order valence-corrected chi connectivity index (χ2v) is 6.15. The van der Waals surface area contributed by atoms with E-state index in [1.165, 1.54) is 29.0 Å². The lowest BCUT2D eigenvalue weighted by Crippen LogP contribution is -2.25. The van der Waals surface area contributed by atoms with E-state index in [9.17, 15) is 25.3 Å². The zero-order valence-corrected chi connectivity index (χ0v) is 15.4. The number of non-ortho nitro benzene ring substituents is 1. The Morgan fingerprint density at radius 1 is 1.41 bits per heavy atom. The Hall–Kier alpha value is -3.47.